The predicted octanol–water partition coefficient (Wildman–Crippen LogP) is 5.50. The lowest BCUT2D eigenvalue weighted by Gasteiger charge is -2.21. The number of hydrogen-bond donors (Lipinski definition) is 3. The number of alkyl halides is 3. The van der Waals surface area contributed by atoms with Gasteiger partial charge in [-0.25, -0.2) is 9.59 Å². The normalized spacial score (nSPS) is 11.0. The number of rotatable bonds is 6. The molecular formula is C28H20F3N5O7. The van der Waals surface area contributed by atoms with Gasteiger partial charge in [-0.05, 0) is 42.0 Å². The highest BCUT2D eigenvalue weighted by molar-refractivity contribution is 6.14. The van der Waals surface area contributed by atoms with Crippen molar-refractivity contribution in [1.29, 1.82) is 5.26 Å². The number of anilines is 3. The quantitative estimate of drug-likeness (QED) is 0.260. The van der Waals surface area contributed by atoms with Gasteiger partial charge in [-0.1, -0.05) is 11.2 Å². The third-order valence-corrected chi connectivity index (χ3v) is 6.20. The van der Waals surface area contributed by atoms with E-state index in [0.29, 0.717) is 0 Å². The van der Waals surface area contributed by atoms with Crippen LogP contribution in [0.1, 0.15) is 38.9 Å². The van der Waals surface area contributed by atoms with Gasteiger partial charge in [0, 0.05) is 31.3 Å². The van der Waals surface area contributed by atoms with E-state index in [-0.39, 0.29) is 44.7 Å². The number of methoxy groups -OCH3 is 1. The average Bonchev–Trinajstić information content (AvgIpc) is 3.37. The van der Waals surface area contributed by atoms with Crippen molar-refractivity contribution in [2.45, 2.75) is 13.1 Å². The molecule has 0 aliphatic carbocycles. The number of halogens is 3. The number of benzene rings is 3. The monoisotopic (exact) mass is 595 g/mol. The lowest BCUT2D eigenvalue weighted by atomic mass is 9.95. The topological polar surface area (TPSA) is 175 Å². The minimum absolute atomic E-state index is 0.0293. The first-order chi connectivity index (χ1) is 20.2. The summed E-state index contributed by atoms with van der Waals surface area (Å²) < 4.78 is 52.8. The molecule has 0 atom stereocenters. The van der Waals surface area contributed by atoms with Crippen molar-refractivity contribution >= 4 is 51.9 Å². The Morgan fingerprint density at radius 2 is 1.74 bits per heavy atom. The predicted molar refractivity (Wildman–Crippen MR) is 146 cm³/mol. The average molecular weight is 595 g/mol. The van der Waals surface area contributed by atoms with Crippen LogP contribution < -0.4 is 15.5 Å². The van der Waals surface area contributed by atoms with Gasteiger partial charge in [0.2, 0.25) is 5.91 Å². The minimum Gasteiger partial charge on any atom is -0.478 e. The van der Waals surface area contributed by atoms with E-state index in [4.69, 9.17) is 9.78 Å². The Bertz CT molecular complexity index is 1840. The van der Waals surface area contributed by atoms with Gasteiger partial charge >= 0.3 is 18.2 Å². The van der Waals surface area contributed by atoms with Gasteiger partial charge in [-0.3, -0.25) is 14.5 Å². The summed E-state index contributed by atoms with van der Waals surface area (Å²) in [5.41, 5.74) is -2.98. The highest BCUT2D eigenvalue weighted by Crippen LogP contribution is 2.43. The second-order valence-electron chi connectivity index (χ2n) is 8.99. The maximum Gasteiger partial charge on any atom is 0.417 e. The van der Waals surface area contributed by atoms with Gasteiger partial charge in [0.25, 0.3) is 5.91 Å². The lowest BCUT2D eigenvalue weighted by molar-refractivity contribution is -0.137. The number of nitrogens with zero attached hydrogens (tertiary/aromatic N) is 3. The van der Waals surface area contributed by atoms with Crippen LogP contribution in [0.15, 0.2) is 53.1 Å². The summed E-state index contributed by atoms with van der Waals surface area (Å²) in [5.74, 6) is -3.01. The second-order valence-corrected chi connectivity index (χ2v) is 8.99. The molecule has 1 heterocycles. The summed E-state index contributed by atoms with van der Waals surface area (Å²) in [6.07, 6.45) is -5.84. The molecule has 3 aromatic carbocycles. The molecule has 0 aliphatic rings. The summed E-state index contributed by atoms with van der Waals surface area (Å²) in [4.78, 5) is 49.6. The summed E-state index contributed by atoms with van der Waals surface area (Å²) >= 11 is 0. The Morgan fingerprint density at radius 3 is 2.35 bits per heavy atom. The molecule has 220 valence electrons. The first kappa shape index (κ1) is 30.1. The molecule has 0 fully saturated rings. The largest absolute Gasteiger partial charge is 0.478 e. The van der Waals surface area contributed by atoms with E-state index in [9.17, 15) is 37.5 Å². The SMILES string of the molecule is COC(=O)N(C)c1ccc(-c2cc3c(C(=O)Nc4ccc(C#N)cc4C(=O)O)noc3cc2NC(C)=O)c(C(F)(F)F)c1. The zero-order valence-corrected chi connectivity index (χ0v) is 22.5. The number of carbonyl (C=O) groups excluding carboxylic acids is 3. The van der Waals surface area contributed by atoms with E-state index in [1.165, 1.54) is 31.3 Å². The number of ether oxygens (including phenoxy) is 1. The van der Waals surface area contributed by atoms with Crippen molar-refractivity contribution in [1.82, 2.24) is 5.16 Å². The highest BCUT2D eigenvalue weighted by Gasteiger charge is 2.36. The smallest absolute Gasteiger partial charge is 0.417 e. The lowest BCUT2D eigenvalue weighted by Crippen LogP contribution is -2.26. The fraction of sp³-hybridized carbons (Fsp3) is 0.143. The van der Waals surface area contributed by atoms with Crippen molar-refractivity contribution in [2.75, 3.05) is 29.7 Å². The van der Waals surface area contributed by atoms with Crippen LogP contribution in [0.4, 0.5) is 35.0 Å². The Hall–Kier alpha value is -5.91. The summed E-state index contributed by atoms with van der Waals surface area (Å²) in [6.45, 7) is 1.14. The van der Waals surface area contributed by atoms with Gasteiger partial charge in [0.05, 0.1) is 46.6 Å². The van der Waals surface area contributed by atoms with Crippen molar-refractivity contribution < 1.29 is 46.7 Å². The third-order valence-electron chi connectivity index (χ3n) is 6.20. The van der Waals surface area contributed by atoms with Crippen molar-refractivity contribution in [2.24, 2.45) is 0 Å². The van der Waals surface area contributed by atoms with Gasteiger partial charge in [0.1, 0.15) is 0 Å². The molecule has 3 amide bonds. The van der Waals surface area contributed by atoms with Crippen LogP contribution in [-0.4, -0.2) is 48.3 Å². The van der Waals surface area contributed by atoms with Crippen molar-refractivity contribution in [3.63, 3.8) is 0 Å². The number of fused-ring (bicyclic) bond motifs is 1. The van der Waals surface area contributed by atoms with E-state index in [0.717, 1.165) is 43.2 Å². The summed E-state index contributed by atoms with van der Waals surface area (Å²) in [5, 5.41) is 27.0. The molecule has 4 aromatic rings. The first-order valence-corrected chi connectivity index (χ1v) is 12.1. The summed E-state index contributed by atoms with van der Waals surface area (Å²) in [6, 6.07) is 10.7. The number of aromatic carboxylic acids is 1. The van der Waals surface area contributed by atoms with E-state index >= 15 is 0 Å². The molecule has 15 heteroatoms. The minimum atomic E-state index is -4.93. The van der Waals surface area contributed by atoms with E-state index in [1.807, 2.05) is 0 Å². The molecule has 0 unspecified atom stereocenters. The van der Waals surface area contributed by atoms with Crippen LogP contribution >= 0.6 is 0 Å². The molecule has 0 bridgehead atoms. The molecule has 0 saturated heterocycles. The van der Waals surface area contributed by atoms with Crippen LogP contribution in [0.2, 0.25) is 0 Å². The number of hydrogen-bond acceptors (Lipinski definition) is 8. The van der Waals surface area contributed by atoms with Crippen LogP contribution in [0.5, 0.6) is 0 Å². The van der Waals surface area contributed by atoms with Crippen LogP contribution in [0.25, 0.3) is 22.1 Å². The molecular weight excluding hydrogens is 575 g/mol. The molecule has 4 rings (SSSR count). The molecule has 12 nitrogen and oxygen atoms in total. The van der Waals surface area contributed by atoms with E-state index in [1.54, 1.807) is 6.07 Å². The van der Waals surface area contributed by atoms with Crippen LogP contribution in [0, 0.1) is 11.3 Å². The van der Waals surface area contributed by atoms with Crippen LogP contribution in [0.3, 0.4) is 0 Å². The number of nitriles is 1. The number of carbonyl (C=O) groups is 4. The highest BCUT2D eigenvalue weighted by atomic mass is 19.4. The molecule has 0 radical (unpaired) electrons. The van der Waals surface area contributed by atoms with Gasteiger partial charge in [-0.2, -0.15) is 18.4 Å². The Kier molecular flexibility index (Phi) is 8.06. The van der Waals surface area contributed by atoms with E-state index < -0.39 is 46.9 Å². The maximum absolute atomic E-state index is 14.3. The van der Waals surface area contributed by atoms with Crippen molar-refractivity contribution in [3.8, 4) is 17.2 Å². The Labute approximate surface area is 240 Å². The number of amides is 3. The van der Waals surface area contributed by atoms with Gasteiger partial charge in [0.15, 0.2) is 11.3 Å². The zero-order valence-electron chi connectivity index (χ0n) is 22.5. The second kappa shape index (κ2) is 11.5. The van der Waals surface area contributed by atoms with Gasteiger partial charge in [-0.15, -0.1) is 0 Å². The molecule has 1 aromatic heterocycles. The number of carboxylic acids is 1. The summed E-state index contributed by atoms with van der Waals surface area (Å²) in [7, 11) is 2.30. The van der Waals surface area contributed by atoms with Gasteiger partial charge < -0.3 is 25.0 Å². The maximum atomic E-state index is 14.3. The molecule has 0 aliphatic heterocycles. The van der Waals surface area contributed by atoms with E-state index in [2.05, 4.69) is 20.5 Å². The standard InChI is InChI=1S/C28H20F3N5O7/c1-13(37)33-22-11-23-19(24(35-43-23)25(38)34-21-7-4-14(12-32)8-18(21)26(39)40)10-17(22)16-6-5-15(36(2)27(41)42-3)9-20(16)28(29,30)31/h4-11H,1-3H3,(H,33,37)(H,34,38)(H,39,40). The van der Waals surface area contributed by atoms with Crippen molar-refractivity contribution in [3.05, 3.63) is 70.9 Å². The van der Waals surface area contributed by atoms with Crippen LogP contribution in [-0.2, 0) is 15.7 Å². The fourth-order valence-corrected chi connectivity index (χ4v) is 4.20. The Balaban J connectivity index is 1.88. The number of nitrogens with one attached hydrogen (secondary N) is 2. The molecule has 0 saturated carbocycles. The number of aromatic nitrogens is 1. The Morgan fingerprint density at radius 1 is 1.02 bits per heavy atom. The zero-order chi connectivity index (χ0) is 31.6. The number of carboxylic acid groups (broad SMARTS) is 1. The fourth-order valence-electron chi connectivity index (χ4n) is 4.20. The molecule has 0 spiro atoms. The third kappa shape index (κ3) is 6.07. The molecule has 3 N–H and O–H groups in total. The molecule has 43 heavy (non-hydrogen) atoms. The first-order valence-electron chi connectivity index (χ1n) is 12.1.